The number of anilines is 1. The Morgan fingerprint density at radius 1 is 0.946 bits per heavy atom. The Morgan fingerprint density at radius 3 is 2.27 bits per heavy atom. The molecule has 0 bridgehead atoms. The molecule has 3 rings (SSSR count). The van der Waals surface area contributed by atoms with E-state index in [0.717, 1.165) is 0 Å². The number of guanidine groups is 1. The minimum absolute atomic E-state index is 0.0845. The van der Waals surface area contributed by atoms with Crippen LogP contribution in [0.1, 0.15) is 23.6 Å². The molecule has 0 aliphatic rings. The summed E-state index contributed by atoms with van der Waals surface area (Å²) in [6.45, 7) is 3.63. The highest BCUT2D eigenvalue weighted by atomic mass is 32.2. The molecule has 0 aromatic heterocycles. The largest absolute Gasteiger partial charge is 0.481 e. The molecule has 194 valence electrons. The molecule has 0 spiro atoms. The van der Waals surface area contributed by atoms with E-state index >= 15 is 0 Å². The fourth-order valence-electron chi connectivity index (χ4n) is 3.34. The van der Waals surface area contributed by atoms with Crippen molar-refractivity contribution in [2.75, 3.05) is 4.72 Å². The van der Waals surface area contributed by atoms with E-state index in [0.29, 0.717) is 5.56 Å². The zero-order chi connectivity index (χ0) is 27.2. The molecule has 3 aromatic carbocycles. The minimum Gasteiger partial charge on any atom is -0.481 e. The van der Waals surface area contributed by atoms with Crippen molar-refractivity contribution in [3.8, 4) is 0 Å². The number of hydrogen-bond acceptors (Lipinski definition) is 6. The number of carboxylic acid groups (broad SMARTS) is 1. The van der Waals surface area contributed by atoms with Gasteiger partial charge in [-0.25, -0.2) is 26.6 Å². The molecule has 0 fully saturated rings. The molecule has 7 N–H and O–H groups in total. The first-order chi connectivity index (χ1) is 17.4. The van der Waals surface area contributed by atoms with E-state index in [1.54, 1.807) is 30.3 Å². The van der Waals surface area contributed by atoms with Gasteiger partial charge in [-0.1, -0.05) is 55.1 Å². The number of nitrogens with two attached hydrogens (primary N) is 2. The lowest BCUT2D eigenvalue weighted by atomic mass is 10.0. The highest BCUT2D eigenvalue weighted by Crippen LogP contribution is 2.27. The van der Waals surface area contributed by atoms with Gasteiger partial charge in [0.05, 0.1) is 28.0 Å². The summed E-state index contributed by atoms with van der Waals surface area (Å²) >= 11 is 0. The summed E-state index contributed by atoms with van der Waals surface area (Å²) in [6.07, 6.45) is -0.599. The van der Waals surface area contributed by atoms with E-state index in [-0.39, 0.29) is 32.7 Å². The number of nitrogens with zero attached hydrogens (tertiary/aromatic N) is 1. The van der Waals surface area contributed by atoms with E-state index in [9.17, 15) is 26.7 Å². The lowest BCUT2D eigenvalue weighted by Gasteiger charge is -2.19. The second kappa shape index (κ2) is 11.2. The van der Waals surface area contributed by atoms with E-state index in [1.807, 2.05) is 0 Å². The molecule has 0 amide bonds. The lowest BCUT2D eigenvalue weighted by Crippen LogP contribution is -2.30. The highest BCUT2D eigenvalue weighted by molar-refractivity contribution is 7.98. The fraction of sp³-hybridized carbons (Fsp3) is 0.0833. The van der Waals surface area contributed by atoms with E-state index < -0.39 is 38.5 Å². The number of carboxylic acids is 1. The molecule has 0 aliphatic carbocycles. The zero-order valence-electron chi connectivity index (χ0n) is 19.4. The van der Waals surface area contributed by atoms with Crippen LogP contribution in [0.15, 0.2) is 95.3 Å². The Hall–Kier alpha value is -4.20. The molecule has 3 aromatic rings. The number of aliphatic imine (C=N–C) groups is 1. The van der Waals surface area contributed by atoms with E-state index in [1.165, 1.54) is 48.5 Å². The molecule has 1 atom stereocenters. The molecule has 0 radical (unpaired) electrons. The Morgan fingerprint density at radius 2 is 1.62 bits per heavy atom. The van der Waals surface area contributed by atoms with Gasteiger partial charge in [0.2, 0.25) is 10.0 Å². The minimum atomic E-state index is -4.19. The Balaban J connectivity index is 1.90. The lowest BCUT2D eigenvalue weighted by molar-refractivity contribution is -0.137. The van der Waals surface area contributed by atoms with Crippen LogP contribution in [0.5, 0.6) is 0 Å². The van der Waals surface area contributed by atoms with Crippen LogP contribution in [0.3, 0.4) is 0 Å². The summed E-state index contributed by atoms with van der Waals surface area (Å²) in [5.74, 6) is -1.50. The van der Waals surface area contributed by atoms with Gasteiger partial charge in [0.15, 0.2) is 5.96 Å². The molecular weight excluding hydrogens is 518 g/mol. The van der Waals surface area contributed by atoms with Crippen molar-refractivity contribution >= 4 is 48.3 Å². The number of sulfonamides is 2. The van der Waals surface area contributed by atoms with Gasteiger partial charge in [0, 0.05) is 5.69 Å². The molecule has 1 unspecified atom stereocenters. The van der Waals surface area contributed by atoms with Gasteiger partial charge in [-0.15, -0.1) is 0 Å². The third-order valence-corrected chi connectivity index (χ3v) is 7.88. The molecule has 13 heteroatoms. The number of nitrogens with one attached hydrogen (secondary N) is 2. The predicted molar refractivity (Wildman–Crippen MR) is 142 cm³/mol. The first kappa shape index (κ1) is 27.4. The maximum Gasteiger partial charge on any atom is 0.305 e. The molecule has 0 saturated heterocycles. The predicted octanol–water partition coefficient (Wildman–Crippen LogP) is 2.50. The van der Waals surface area contributed by atoms with Crippen molar-refractivity contribution in [2.45, 2.75) is 17.4 Å². The molecule has 0 aliphatic heterocycles. The van der Waals surface area contributed by atoms with Crippen molar-refractivity contribution in [1.82, 2.24) is 4.72 Å². The van der Waals surface area contributed by atoms with Crippen LogP contribution in [-0.4, -0.2) is 33.9 Å². The molecule has 0 heterocycles. The maximum absolute atomic E-state index is 13.0. The van der Waals surface area contributed by atoms with Gasteiger partial charge in [-0.2, -0.15) is 0 Å². The van der Waals surface area contributed by atoms with Crippen LogP contribution >= 0.6 is 0 Å². The maximum atomic E-state index is 13.0. The van der Waals surface area contributed by atoms with Crippen molar-refractivity contribution in [2.24, 2.45) is 16.5 Å². The van der Waals surface area contributed by atoms with Crippen LogP contribution in [0.2, 0.25) is 0 Å². The molecular formula is C24H25N5O6S2. The summed E-state index contributed by atoms with van der Waals surface area (Å²) in [5.41, 5.74) is 11.6. The van der Waals surface area contributed by atoms with Gasteiger partial charge < -0.3 is 16.6 Å². The van der Waals surface area contributed by atoms with Gasteiger partial charge in [0.1, 0.15) is 0 Å². The number of rotatable bonds is 11. The monoisotopic (exact) mass is 543 g/mol. The van der Waals surface area contributed by atoms with Crippen LogP contribution in [0, 0.1) is 0 Å². The summed E-state index contributed by atoms with van der Waals surface area (Å²) < 4.78 is 56.5. The molecule has 37 heavy (non-hydrogen) atoms. The Kier molecular flexibility index (Phi) is 8.32. The average molecular weight is 544 g/mol. The van der Waals surface area contributed by atoms with E-state index in [4.69, 9.17) is 11.5 Å². The van der Waals surface area contributed by atoms with Crippen molar-refractivity contribution in [1.29, 1.82) is 0 Å². The zero-order valence-corrected chi connectivity index (χ0v) is 21.0. The summed E-state index contributed by atoms with van der Waals surface area (Å²) in [4.78, 5) is 15.0. The van der Waals surface area contributed by atoms with Gasteiger partial charge in [-0.05, 0) is 41.5 Å². The van der Waals surface area contributed by atoms with Crippen LogP contribution in [-0.2, 0) is 24.8 Å². The smallest absolute Gasteiger partial charge is 0.305 e. The molecule has 0 saturated carbocycles. The van der Waals surface area contributed by atoms with Gasteiger partial charge in [-0.3, -0.25) is 9.52 Å². The second-order valence-corrected chi connectivity index (χ2v) is 11.2. The average Bonchev–Trinajstić information content (AvgIpc) is 2.83. The number of carbonyl (C=O) groups is 1. The van der Waals surface area contributed by atoms with Gasteiger partial charge in [0.25, 0.3) is 10.0 Å². The third-order valence-electron chi connectivity index (χ3n) is 5.02. The Bertz CT molecular complexity index is 1550. The van der Waals surface area contributed by atoms with Crippen LogP contribution in [0.25, 0.3) is 4.91 Å². The van der Waals surface area contributed by atoms with E-state index in [2.05, 4.69) is 21.0 Å². The normalized spacial score (nSPS) is 12.3. The van der Waals surface area contributed by atoms with Crippen LogP contribution in [0.4, 0.5) is 11.4 Å². The fourth-order valence-corrected chi connectivity index (χ4v) is 5.61. The first-order valence-electron chi connectivity index (χ1n) is 10.7. The summed E-state index contributed by atoms with van der Waals surface area (Å²) in [6, 6.07) is 18.3. The topological polar surface area (TPSA) is 194 Å². The second-order valence-electron chi connectivity index (χ2n) is 7.83. The first-order valence-corrected chi connectivity index (χ1v) is 13.6. The molecule has 11 nitrogen and oxygen atoms in total. The number of benzene rings is 3. The van der Waals surface area contributed by atoms with Crippen molar-refractivity contribution < 1.29 is 26.7 Å². The standard InChI is InChI=1S/C24H25N5O6S2/c1-16(17-7-3-2-4-8-17)36(32,33)29-22(15-23(30)31)18-9-5-11-20(13-18)28-37(34,35)21-12-6-10-19(14-21)27-24(25)26/h2-14,22,28-29H,1,15H2,(H,30,31)(H4,25,26,27). The number of hydrogen-bond donors (Lipinski definition) is 5. The van der Waals surface area contributed by atoms with Crippen molar-refractivity contribution in [3.63, 3.8) is 0 Å². The third kappa shape index (κ3) is 7.39. The quantitative estimate of drug-likeness (QED) is 0.180. The van der Waals surface area contributed by atoms with Crippen molar-refractivity contribution in [3.05, 3.63) is 96.6 Å². The van der Waals surface area contributed by atoms with Crippen LogP contribution < -0.4 is 20.9 Å². The van der Waals surface area contributed by atoms with Gasteiger partial charge >= 0.3 is 5.97 Å². The summed E-state index contributed by atoms with van der Waals surface area (Å²) in [5, 5.41) is 9.39. The Labute approximate surface area is 214 Å². The number of aliphatic carboxylic acids is 1. The highest BCUT2D eigenvalue weighted by Gasteiger charge is 2.26. The SMILES string of the molecule is C=C(c1ccccc1)S(=O)(=O)NC(CC(=O)O)c1cccc(NS(=O)(=O)c2cccc(N=C(N)N)c2)c1. The summed E-state index contributed by atoms with van der Waals surface area (Å²) in [7, 11) is -8.28.